The summed E-state index contributed by atoms with van der Waals surface area (Å²) in [6.07, 6.45) is 2.29. The van der Waals surface area contributed by atoms with Crippen molar-refractivity contribution in [1.29, 1.82) is 10.5 Å². The van der Waals surface area contributed by atoms with Gasteiger partial charge in [0.2, 0.25) is 0 Å². The number of anilines is 2. The Kier molecular flexibility index (Phi) is 12.7. The van der Waals surface area contributed by atoms with E-state index in [1.807, 2.05) is 18.0 Å². The molecule has 2 fully saturated rings. The summed E-state index contributed by atoms with van der Waals surface area (Å²) in [5, 5.41) is 21.2. The SMILES string of the molecule is CN(c1cc(C#N)ccn1)C1CCN(Cc2cccc(C(F)(F)F)c2)CC1.N#Cc1ccc(N(Cc2cc(F)c(F)c(F)c2)C2CCNCC2)nc1. The third-order valence-corrected chi connectivity index (χ3v) is 9.32. The first-order valence-electron chi connectivity index (χ1n) is 16.9. The molecule has 272 valence electrons. The number of rotatable bonds is 8. The zero-order chi connectivity index (χ0) is 37.3. The maximum atomic E-state index is 13.5. The van der Waals surface area contributed by atoms with E-state index in [0.717, 1.165) is 75.9 Å². The van der Waals surface area contributed by atoms with Crippen LogP contribution in [0.4, 0.5) is 38.0 Å². The molecule has 0 unspecified atom stereocenters. The van der Waals surface area contributed by atoms with Crippen molar-refractivity contribution >= 4 is 11.6 Å². The number of hydrogen-bond donors (Lipinski definition) is 1. The topological polar surface area (TPSA) is 95.1 Å². The molecular weight excluding hydrogens is 682 g/mol. The molecule has 6 rings (SSSR count). The second-order valence-corrected chi connectivity index (χ2v) is 12.8. The minimum atomic E-state index is -4.31. The molecule has 2 aliphatic heterocycles. The quantitative estimate of drug-likeness (QED) is 0.151. The van der Waals surface area contributed by atoms with Gasteiger partial charge in [-0.1, -0.05) is 18.2 Å². The monoisotopic (exact) mass is 720 g/mol. The summed E-state index contributed by atoms with van der Waals surface area (Å²) in [5.41, 5.74) is 1.43. The van der Waals surface area contributed by atoms with Crippen LogP contribution >= 0.6 is 0 Å². The Morgan fingerprint density at radius 1 is 0.808 bits per heavy atom. The minimum absolute atomic E-state index is 0.137. The first-order chi connectivity index (χ1) is 24.9. The number of likely N-dealkylation sites (tertiary alicyclic amines) is 1. The van der Waals surface area contributed by atoms with Gasteiger partial charge in [0.15, 0.2) is 17.5 Å². The molecule has 0 saturated carbocycles. The fourth-order valence-corrected chi connectivity index (χ4v) is 6.47. The maximum absolute atomic E-state index is 13.5. The highest BCUT2D eigenvalue weighted by Gasteiger charge is 2.31. The Hall–Kier alpha value is -5.18. The van der Waals surface area contributed by atoms with Crippen LogP contribution in [0.15, 0.2) is 73.1 Å². The van der Waals surface area contributed by atoms with E-state index in [1.165, 1.54) is 18.3 Å². The number of benzene rings is 2. The highest BCUT2D eigenvalue weighted by Crippen LogP contribution is 2.30. The van der Waals surface area contributed by atoms with E-state index in [4.69, 9.17) is 10.5 Å². The molecule has 1 N–H and O–H groups in total. The second kappa shape index (κ2) is 17.4. The van der Waals surface area contributed by atoms with Crippen LogP contribution in [0.25, 0.3) is 0 Å². The molecule has 0 spiro atoms. The summed E-state index contributed by atoms with van der Waals surface area (Å²) in [6, 6.07) is 18.9. The fraction of sp³-hybridized carbons (Fsp3) is 0.368. The Bertz CT molecular complexity index is 1850. The molecule has 0 aliphatic carbocycles. The lowest BCUT2D eigenvalue weighted by Gasteiger charge is -2.37. The second-order valence-electron chi connectivity index (χ2n) is 12.8. The number of nitrogens with zero attached hydrogens (tertiary/aromatic N) is 7. The van der Waals surface area contributed by atoms with Crippen molar-refractivity contribution < 1.29 is 26.3 Å². The minimum Gasteiger partial charge on any atom is -0.357 e. The molecule has 0 bridgehead atoms. The van der Waals surface area contributed by atoms with Crippen molar-refractivity contribution in [2.45, 2.75) is 57.0 Å². The molecule has 2 saturated heterocycles. The zero-order valence-electron chi connectivity index (χ0n) is 28.6. The number of halogens is 6. The third-order valence-electron chi connectivity index (χ3n) is 9.32. The molecule has 0 atom stereocenters. The first-order valence-corrected chi connectivity index (χ1v) is 16.9. The number of pyridine rings is 2. The lowest BCUT2D eigenvalue weighted by molar-refractivity contribution is -0.137. The lowest BCUT2D eigenvalue weighted by atomic mass is 10.0. The third kappa shape index (κ3) is 9.99. The summed E-state index contributed by atoms with van der Waals surface area (Å²) >= 11 is 0. The number of nitriles is 2. The van der Waals surface area contributed by atoms with Crippen LogP contribution in [-0.2, 0) is 19.3 Å². The van der Waals surface area contributed by atoms with E-state index < -0.39 is 29.2 Å². The van der Waals surface area contributed by atoms with Crippen LogP contribution in [-0.4, -0.2) is 60.2 Å². The van der Waals surface area contributed by atoms with Crippen molar-refractivity contribution in [3.05, 3.63) is 118 Å². The number of hydrogen-bond acceptors (Lipinski definition) is 8. The van der Waals surface area contributed by atoms with Gasteiger partial charge >= 0.3 is 6.18 Å². The Balaban J connectivity index is 0.000000202. The average molecular weight is 721 g/mol. The molecule has 4 heterocycles. The van der Waals surface area contributed by atoms with Gasteiger partial charge < -0.3 is 15.1 Å². The summed E-state index contributed by atoms with van der Waals surface area (Å²) in [5.74, 6) is -2.48. The van der Waals surface area contributed by atoms with Crippen molar-refractivity contribution in [1.82, 2.24) is 20.2 Å². The van der Waals surface area contributed by atoms with E-state index in [2.05, 4.69) is 31.2 Å². The average Bonchev–Trinajstić information content (AvgIpc) is 3.16. The van der Waals surface area contributed by atoms with Crippen LogP contribution in [0, 0.1) is 40.1 Å². The fourth-order valence-electron chi connectivity index (χ4n) is 6.47. The molecule has 2 aromatic carbocycles. The Labute approximate surface area is 298 Å². The predicted molar refractivity (Wildman–Crippen MR) is 184 cm³/mol. The summed E-state index contributed by atoms with van der Waals surface area (Å²) in [6.45, 7) is 4.01. The molecule has 2 aromatic heterocycles. The van der Waals surface area contributed by atoms with Crippen LogP contribution in [0.2, 0.25) is 0 Å². The van der Waals surface area contributed by atoms with Crippen molar-refractivity contribution in [3.63, 3.8) is 0 Å². The van der Waals surface area contributed by atoms with Gasteiger partial charge in [-0.3, -0.25) is 4.90 Å². The van der Waals surface area contributed by atoms with E-state index in [1.54, 1.807) is 36.5 Å². The van der Waals surface area contributed by atoms with Gasteiger partial charge in [-0.2, -0.15) is 23.7 Å². The standard InChI is InChI=1S/C20H21F3N4.C18H17F3N4/c1-26(19-12-15(13-24)5-8-25-19)18-6-9-27(10-7-18)14-16-3-2-4-17(11-16)20(21,22)23;19-15-7-13(8-16(20)18(15)21)11-25(14-3-5-23-6-4-14)17-2-1-12(9-22)10-24-17/h2-5,8,11-12,18H,6-7,9-10,14H2,1H3;1-2,7-8,10,14,23H,3-6,11H2. The van der Waals surface area contributed by atoms with Crippen LogP contribution in [0.5, 0.6) is 0 Å². The first kappa shape index (κ1) is 38.1. The highest BCUT2D eigenvalue weighted by atomic mass is 19.4. The molecule has 8 nitrogen and oxygen atoms in total. The van der Waals surface area contributed by atoms with Crippen molar-refractivity contribution in [2.24, 2.45) is 0 Å². The maximum Gasteiger partial charge on any atom is 0.416 e. The molecular formula is C38H38F6N8. The molecule has 14 heteroatoms. The van der Waals surface area contributed by atoms with Gasteiger partial charge in [-0.25, -0.2) is 23.1 Å². The number of piperidine rings is 2. The van der Waals surface area contributed by atoms with Gasteiger partial charge in [0.25, 0.3) is 0 Å². The highest BCUT2D eigenvalue weighted by molar-refractivity contribution is 5.46. The van der Waals surface area contributed by atoms with Crippen LogP contribution in [0.3, 0.4) is 0 Å². The number of alkyl halides is 3. The number of aromatic nitrogens is 2. The van der Waals surface area contributed by atoms with Gasteiger partial charge in [0.05, 0.1) is 22.8 Å². The van der Waals surface area contributed by atoms with Gasteiger partial charge in [-0.15, -0.1) is 0 Å². The molecule has 0 amide bonds. The normalized spacial score (nSPS) is 15.6. The summed E-state index contributed by atoms with van der Waals surface area (Å²) in [7, 11) is 1.97. The molecule has 4 aromatic rings. The van der Waals surface area contributed by atoms with Gasteiger partial charge in [-0.05, 0) is 92.4 Å². The van der Waals surface area contributed by atoms with E-state index in [-0.39, 0.29) is 12.6 Å². The largest absolute Gasteiger partial charge is 0.416 e. The van der Waals surface area contributed by atoms with Crippen LogP contribution in [0.1, 0.15) is 53.5 Å². The van der Waals surface area contributed by atoms with E-state index in [9.17, 15) is 26.3 Å². The van der Waals surface area contributed by atoms with E-state index in [0.29, 0.717) is 40.7 Å². The summed E-state index contributed by atoms with van der Waals surface area (Å²) < 4.78 is 78.8. The molecule has 2 aliphatic rings. The van der Waals surface area contributed by atoms with Gasteiger partial charge in [0, 0.05) is 57.7 Å². The van der Waals surface area contributed by atoms with Gasteiger partial charge in [0.1, 0.15) is 17.7 Å². The van der Waals surface area contributed by atoms with E-state index >= 15 is 0 Å². The number of nitrogens with one attached hydrogen (secondary N) is 1. The Morgan fingerprint density at radius 3 is 2.12 bits per heavy atom. The molecule has 52 heavy (non-hydrogen) atoms. The predicted octanol–water partition coefficient (Wildman–Crippen LogP) is 7.20. The van der Waals surface area contributed by atoms with Crippen molar-refractivity contribution in [3.8, 4) is 12.1 Å². The Morgan fingerprint density at radius 2 is 1.50 bits per heavy atom. The lowest BCUT2D eigenvalue weighted by Crippen LogP contribution is -2.43. The smallest absolute Gasteiger partial charge is 0.357 e. The molecule has 0 radical (unpaired) electrons. The zero-order valence-corrected chi connectivity index (χ0v) is 28.6. The van der Waals surface area contributed by atoms with Crippen LogP contribution < -0.4 is 15.1 Å². The van der Waals surface area contributed by atoms with Crippen molar-refractivity contribution in [2.75, 3.05) is 43.0 Å². The summed E-state index contributed by atoms with van der Waals surface area (Å²) in [4.78, 5) is 14.9.